The third kappa shape index (κ3) is 3.50. The molecular weight excluding hydrogens is 438 g/mol. The van der Waals surface area contributed by atoms with E-state index in [9.17, 15) is 9.90 Å². The molecule has 0 bridgehead atoms. The number of hydrogen-bond acceptors (Lipinski definition) is 7. The predicted octanol–water partition coefficient (Wildman–Crippen LogP) is 2.97. The third-order valence-electron chi connectivity index (χ3n) is 5.99. The van der Waals surface area contributed by atoms with E-state index in [4.69, 9.17) is 10.3 Å². The molecule has 0 amide bonds. The highest BCUT2D eigenvalue weighted by Gasteiger charge is 2.29. The van der Waals surface area contributed by atoms with Crippen molar-refractivity contribution in [1.29, 1.82) is 0 Å². The zero-order valence-electron chi connectivity index (χ0n) is 18.7. The van der Waals surface area contributed by atoms with Crippen LogP contribution in [0, 0.1) is 0 Å². The molecular formula is C22H23N9O3. The normalized spacial score (nSPS) is 17.8. The number of fused-ring (bicyclic) bond motifs is 2. The Kier molecular flexibility index (Phi) is 5.54. The summed E-state index contributed by atoms with van der Waals surface area (Å²) in [6.07, 6.45) is 3.24. The molecule has 1 aliphatic heterocycles. The SMILES string of the molecule is CCN(CC)c1ccc(-c2cn3c(=O)c4ncn([C@H]5C=C(N=[N+]=[N-])[C@@H](CO)O5)c4nc3[nH]2)cc1. The minimum Gasteiger partial charge on any atom is -0.393 e. The molecule has 1 aromatic carbocycles. The van der Waals surface area contributed by atoms with Crippen LogP contribution in [0.1, 0.15) is 20.1 Å². The molecule has 4 aromatic rings. The number of hydrogen-bond donors (Lipinski definition) is 2. The fourth-order valence-corrected chi connectivity index (χ4v) is 4.21. The number of aromatic amines is 1. The molecule has 0 unspecified atom stereocenters. The highest BCUT2D eigenvalue weighted by Crippen LogP contribution is 2.30. The van der Waals surface area contributed by atoms with Crippen molar-refractivity contribution in [1.82, 2.24) is 23.9 Å². The molecule has 2 N–H and O–H groups in total. The van der Waals surface area contributed by atoms with Crippen molar-refractivity contribution >= 4 is 22.6 Å². The number of benzene rings is 1. The van der Waals surface area contributed by atoms with Gasteiger partial charge in [0.2, 0.25) is 5.78 Å². The van der Waals surface area contributed by atoms with Crippen molar-refractivity contribution in [2.75, 3.05) is 24.6 Å². The van der Waals surface area contributed by atoms with Crippen LogP contribution < -0.4 is 10.5 Å². The maximum atomic E-state index is 13.1. The van der Waals surface area contributed by atoms with Crippen LogP contribution in [0.3, 0.4) is 0 Å². The Balaban J connectivity index is 1.55. The number of ether oxygens (including phenoxy) is 1. The molecule has 0 spiro atoms. The third-order valence-corrected chi connectivity index (χ3v) is 5.99. The quantitative estimate of drug-likeness (QED) is 0.245. The molecule has 3 aromatic heterocycles. The van der Waals surface area contributed by atoms with Crippen LogP contribution >= 0.6 is 0 Å². The van der Waals surface area contributed by atoms with E-state index in [0.29, 0.717) is 11.4 Å². The number of H-pyrrole nitrogens is 1. The molecule has 4 heterocycles. The number of anilines is 1. The summed E-state index contributed by atoms with van der Waals surface area (Å²) >= 11 is 0. The fraction of sp³-hybridized carbons (Fsp3) is 0.318. The van der Waals surface area contributed by atoms with E-state index in [1.54, 1.807) is 16.8 Å². The summed E-state index contributed by atoms with van der Waals surface area (Å²) in [5, 5.41) is 13.1. The largest absolute Gasteiger partial charge is 0.393 e. The van der Waals surface area contributed by atoms with Crippen LogP contribution in [-0.2, 0) is 4.74 Å². The summed E-state index contributed by atoms with van der Waals surface area (Å²) in [5.74, 6) is 0.359. The number of rotatable bonds is 7. The van der Waals surface area contributed by atoms with Gasteiger partial charge in [-0.3, -0.25) is 9.36 Å². The molecule has 12 nitrogen and oxygen atoms in total. The van der Waals surface area contributed by atoms with E-state index in [1.807, 2.05) is 12.1 Å². The predicted molar refractivity (Wildman–Crippen MR) is 126 cm³/mol. The first-order valence-electron chi connectivity index (χ1n) is 10.9. The molecule has 12 heteroatoms. The zero-order valence-corrected chi connectivity index (χ0v) is 18.7. The van der Waals surface area contributed by atoms with Crippen molar-refractivity contribution in [3.63, 3.8) is 0 Å². The Morgan fingerprint density at radius 2 is 2.06 bits per heavy atom. The van der Waals surface area contributed by atoms with Crippen molar-refractivity contribution in [3.05, 3.63) is 69.4 Å². The Labute approximate surface area is 193 Å². The van der Waals surface area contributed by atoms with E-state index >= 15 is 0 Å². The molecule has 0 radical (unpaired) electrons. The number of imidazole rings is 2. The summed E-state index contributed by atoms with van der Waals surface area (Å²) in [7, 11) is 0. The Bertz CT molecular complexity index is 1490. The van der Waals surface area contributed by atoms with Gasteiger partial charge in [0.05, 0.1) is 18.6 Å². The maximum Gasteiger partial charge on any atom is 0.287 e. The topological polar surface area (TPSA) is 149 Å². The van der Waals surface area contributed by atoms with Gasteiger partial charge in [-0.25, -0.2) is 9.38 Å². The van der Waals surface area contributed by atoms with Gasteiger partial charge in [0.25, 0.3) is 5.56 Å². The lowest BCUT2D eigenvalue weighted by Gasteiger charge is -2.20. The van der Waals surface area contributed by atoms with E-state index in [2.05, 4.69) is 55.9 Å². The molecule has 0 saturated carbocycles. The second-order valence-electron chi connectivity index (χ2n) is 7.80. The van der Waals surface area contributed by atoms with E-state index in [0.717, 1.165) is 30.0 Å². The number of nitrogens with zero attached hydrogens (tertiary/aromatic N) is 8. The van der Waals surface area contributed by atoms with Gasteiger partial charge in [-0.2, -0.15) is 4.98 Å². The average Bonchev–Trinajstić information content (AvgIpc) is 3.57. The van der Waals surface area contributed by atoms with Crippen LogP contribution in [0.25, 0.3) is 38.6 Å². The van der Waals surface area contributed by atoms with Crippen molar-refractivity contribution in [3.8, 4) is 11.3 Å². The maximum absolute atomic E-state index is 13.1. The first-order chi connectivity index (χ1) is 16.6. The van der Waals surface area contributed by atoms with Crippen LogP contribution in [-0.4, -0.2) is 54.8 Å². The van der Waals surface area contributed by atoms with Gasteiger partial charge in [-0.05, 0) is 43.2 Å². The lowest BCUT2D eigenvalue weighted by molar-refractivity contribution is -0.0104. The summed E-state index contributed by atoms with van der Waals surface area (Å²) in [6.45, 7) is 5.74. The van der Waals surface area contributed by atoms with Gasteiger partial charge >= 0.3 is 0 Å². The highest BCUT2D eigenvalue weighted by atomic mass is 16.5. The number of nitrogens with one attached hydrogen (secondary N) is 1. The summed E-state index contributed by atoms with van der Waals surface area (Å²) in [4.78, 5) is 30.2. The van der Waals surface area contributed by atoms with Crippen molar-refractivity contribution in [2.24, 2.45) is 5.11 Å². The average molecular weight is 461 g/mol. The Hall–Kier alpha value is -4.12. The van der Waals surface area contributed by atoms with Crippen LogP contribution in [0.4, 0.5) is 5.69 Å². The number of aromatic nitrogens is 5. The Morgan fingerprint density at radius 3 is 2.74 bits per heavy atom. The second kappa shape index (κ2) is 8.67. The molecule has 34 heavy (non-hydrogen) atoms. The zero-order chi connectivity index (χ0) is 23.8. The lowest BCUT2D eigenvalue weighted by Crippen LogP contribution is -2.21. The molecule has 0 fully saturated rings. The lowest BCUT2D eigenvalue weighted by atomic mass is 10.1. The smallest absolute Gasteiger partial charge is 0.287 e. The van der Waals surface area contributed by atoms with E-state index in [-0.39, 0.29) is 23.4 Å². The van der Waals surface area contributed by atoms with Gasteiger partial charge in [-0.1, -0.05) is 17.2 Å². The second-order valence-corrected chi connectivity index (χ2v) is 7.80. The van der Waals surface area contributed by atoms with E-state index < -0.39 is 12.3 Å². The summed E-state index contributed by atoms with van der Waals surface area (Å²) < 4.78 is 8.76. The number of aliphatic hydroxyl groups is 1. The molecule has 174 valence electrons. The van der Waals surface area contributed by atoms with Gasteiger partial charge in [0, 0.05) is 35.6 Å². The van der Waals surface area contributed by atoms with Gasteiger partial charge in [0.15, 0.2) is 17.4 Å². The number of azide groups is 1. The first-order valence-corrected chi connectivity index (χ1v) is 10.9. The number of aliphatic hydroxyl groups excluding tert-OH is 1. The van der Waals surface area contributed by atoms with Crippen LogP contribution in [0.15, 0.2) is 58.5 Å². The monoisotopic (exact) mass is 461 g/mol. The minimum absolute atomic E-state index is 0.176. The summed E-state index contributed by atoms with van der Waals surface area (Å²) in [6, 6.07) is 8.12. The highest BCUT2D eigenvalue weighted by molar-refractivity contribution is 5.73. The van der Waals surface area contributed by atoms with Crippen LogP contribution in [0.5, 0.6) is 0 Å². The van der Waals surface area contributed by atoms with Gasteiger partial charge in [-0.15, -0.1) is 0 Å². The van der Waals surface area contributed by atoms with Crippen molar-refractivity contribution < 1.29 is 9.84 Å². The Morgan fingerprint density at radius 1 is 1.29 bits per heavy atom. The van der Waals surface area contributed by atoms with Crippen LogP contribution in [0.2, 0.25) is 0 Å². The molecule has 1 aliphatic rings. The summed E-state index contributed by atoms with van der Waals surface area (Å²) in [5.41, 5.74) is 12.0. The van der Waals surface area contributed by atoms with E-state index in [1.165, 1.54) is 10.7 Å². The fourth-order valence-electron chi connectivity index (χ4n) is 4.21. The minimum atomic E-state index is -0.764. The molecule has 5 rings (SSSR count). The molecule has 0 aliphatic carbocycles. The van der Waals surface area contributed by atoms with Crippen molar-refractivity contribution in [2.45, 2.75) is 26.2 Å². The molecule has 0 saturated heterocycles. The standard InChI is InChI=1S/C22H23N9O3/c1-3-29(4-2)14-7-5-13(6-8-14)16-10-30-21(33)19-20(26-22(30)25-16)31(12-24-19)18-9-15(27-28-23)17(11-32)34-18/h5-10,12,17-18,32H,3-4,11H2,1-2H3,(H,25,26)/t17-,18-/m1/s1. The van der Waals surface area contributed by atoms with Gasteiger partial charge in [0.1, 0.15) is 6.10 Å². The van der Waals surface area contributed by atoms with Gasteiger partial charge < -0.3 is 19.7 Å². The molecule has 2 atom stereocenters. The first kappa shape index (κ1) is 21.7.